The Kier molecular flexibility index (Phi) is 7.56. The SMILES string of the molecule is C=CCN1C(=O)NC(=O)/C(=C\c2ccc(OCc3ccc(Cl)cc3Cl)c(OCC)c2)C1=O. The monoisotopic (exact) mass is 474 g/mol. The van der Waals surface area contributed by atoms with Gasteiger partial charge in [-0.3, -0.25) is 19.8 Å². The van der Waals surface area contributed by atoms with Crippen molar-refractivity contribution in [2.45, 2.75) is 13.5 Å². The van der Waals surface area contributed by atoms with Crippen molar-refractivity contribution in [3.8, 4) is 11.5 Å². The fourth-order valence-corrected chi connectivity index (χ4v) is 3.41. The largest absolute Gasteiger partial charge is 0.490 e. The van der Waals surface area contributed by atoms with E-state index in [1.807, 2.05) is 6.92 Å². The summed E-state index contributed by atoms with van der Waals surface area (Å²) in [6.45, 7) is 5.89. The number of barbiturate groups is 1. The van der Waals surface area contributed by atoms with Crippen molar-refractivity contribution in [3.63, 3.8) is 0 Å². The molecule has 4 amide bonds. The van der Waals surface area contributed by atoms with Gasteiger partial charge < -0.3 is 9.47 Å². The number of rotatable bonds is 8. The molecule has 3 rings (SSSR count). The molecule has 0 bridgehead atoms. The molecule has 32 heavy (non-hydrogen) atoms. The molecule has 1 N–H and O–H groups in total. The summed E-state index contributed by atoms with van der Waals surface area (Å²) in [6.07, 6.45) is 2.79. The van der Waals surface area contributed by atoms with Gasteiger partial charge in [0.15, 0.2) is 11.5 Å². The van der Waals surface area contributed by atoms with Crippen LogP contribution in [0.3, 0.4) is 0 Å². The summed E-state index contributed by atoms with van der Waals surface area (Å²) in [5.74, 6) is -0.581. The molecular weight excluding hydrogens is 455 g/mol. The molecule has 1 aliphatic heterocycles. The van der Waals surface area contributed by atoms with E-state index in [1.54, 1.807) is 36.4 Å². The van der Waals surface area contributed by atoms with Crippen LogP contribution in [0.1, 0.15) is 18.1 Å². The lowest BCUT2D eigenvalue weighted by molar-refractivity contribution is -0.129. The van der Waals surface area contributed by atoms with Crippen LogP contribution >= 0.6 is 23.2 Å². The lowest BCUT2D eigenvalue weighted by atomic mass is 10.1. The minimum absolute atomic E-state index is 0.0144. The first-order chi connectivity index (χ1) is 15.3. The van der Waals surface area contributed by atoms with Gasteiger partial charge in [0.2, 0.25) is 0 Å². The van der Waals surface area contributed by atoms with Gasteiger partial charge in [-0.25, -0.2) is 4.79 Å². The van der Waals surface area contributed by atoms with Crippen molar-refractivity contribution in [1.29, 1.82) is 0 Å². The lowest BCUT2D eigenvalue weighted by Crippen LogP contribution is -2.54. The first-order valence-corrected chi connectivity index (χ1v) is 10.4. The second-order valence-electron chi connectivity index (χ2n) is 6.69. The van der Waals surface area contributed by atoms with Gasteiger partial charge in [-0.15, -0.1) is 6.58 Å². The third-order valence-electron chi connectivity index (χ3n) is 4.47. The van der Waals surface area contributed by atoms with Gasteiger partial charge in [-0.2, -0.15) is 0 Å². The molecular formula is C23H20Cl2N2O5. The van der Waals surface area contributed by atoms with Crippen molar-refractivity contribution in [1.82, 2.24) is 10.2 Å². The second kappa shape index (κ2) is 10.3. The Morgan fingerprint density at radius 2 is 1.84 bits per heavy atom. The maximum absolute atomic E-state index is 12.6. The smallest absolute Gasteiger partial charge is 0.331 e. The predicted octanol–water partition coefficient (Wildman–Crippen LogP) is 4.62. The van der Waals surface area contributed by atoms with Crippen LogP contribution < -0.4 is 14.8 Å². The number of imide groups is 2. The fraction of sp³-hybridized carbons (Fsp3) is 0.174. The molecule has 2 aromatic rings. The Balaban J connectivity index is 1.86. The molecule has 1 fully saturated rings. The average molecular weight is 475 g/mol. The maximum atomic E-state index is 12.6. The van der Waals surface area contributed by atoms with E-state index < -0.39 is 17.8 Å². The fourth-order valence-electron chi connectivity index (χ4n) is 2.95. The zero-order valence-electron chi connectivity index (χ0n) is 17.2. The van der Waals surface area contributed by atoms with Gasteiger partial charge >= 0.3 is 6.03 Å². The molecule has 1 aliphatic rings. The van der Waals surface area contributed by atoms with E-state index in [4.69, 9.17) is 32.7 Å². The van der Waals surface area contributed by atoms with Crippen LogP contribution in [0, 0.1) is 0 Å². The molecule has 0 atom stereocenters. The van der Waals surface area contributed by atoms with E-state index in [0.29, 0.717) is 33.7 Å². The second-order valence-corrected chi connectivity index (χ2v) is 7.53. The highest BCUT2D eigenvalue weighted by atomic mass is 35.5. The number of amides is 4. The highest BCUT2D eigenvalue weighted by Gasteiger charge is 2.34. The van der Waals surface area contributed by atoms with Gasteiger partial charge in [0.25, 0.3) is 11.8 Å². The van der Waals surface area contributed by atoms with E-state index in [2.05, 4.69) is 11.9 Å². The molecule has 0 saturated carbocycles. The summed E-state index contributed by atoms with van der Waals surface area (Å²) in [5, 5.41) is 3.16. The number of halogens is 2. The van der Waals surface area contributed by atoms with Crippen LogP contribution in [0.25, 0.3) is 6.08 Å². The highest BCUT2D eigenvalue weighted by molar-refractivity contribution is 6.35. The normalized spacial score (nSPS) is 15.0. The van der Waals surface area contributed by atoms with Crippen molar-refractivity contribution in [3.05, 3.63) is 75.8 Å². The maximum Gasteiger partial charge on any atom is 0.331 e. The molecule has 9 heteroatoms. The molecule has 166 valence electrons. The summed E-state index contributed by atoms with van der Waals surface area (Å²) in [6, 6.07) is 9.32. The first kappa shape index (κ1) is 23.4. The Hall–Kier alpha value is -3.29. The minimum atomic E-state index is -0.781. The Morgan fingerprint density at radius 1 is 1.06 bits per heavy atom. The highest BCUT2D eigenvalue weighted by Crippen LogP contribution is 2.31. The third-order valence-corrected chi connectivity index (χ3v) is 5.06. The summed E-state index contributed by atoms with van der Waals surface area (Å²) >= 11 is 12.1. The molecule has 1 heterocycles. The molecule has 0 spiro atoms. The van der Waals surface area contributed by atoms with Crippen LogP contribution in [0.5, 0.6) is 11.5 Å². The van der Waals surface area contributed by atoms with Gasteiger partial charge in [0, 0.05) is 22.2 Å². The number of carbonyl (C=O) groups is 3. The number of urea groups is 1. The quantitative estimate of drug-likeness (QED) is 0.342. The van der Waals surface area contributed by atoms with Crippen molar-refractivity contribution < 1.29 is 23.9 Å². The number of hydrogen-bond donors (Lipinski definition) is 1. The molecule has 0 radical (unpaired) electrons. The van der Waals surface area contributed by atoms with Gasteiger partial charge in [0.1, 0.15) is 12.2 Å². The number of benzene rings is 2. The van der Waals surface area contributed by atoms with E-state index in [1.165, 1.54) is 12.2 Å². The predicted molar refractivity (Wildman–Crippen MR) is 122 cm³/mol. The topological polar surface area (TPSA) is 84.9 Å². The number of nitrogens with one attached hydrogen (secondary N) is 1. The molecule has 0 unspecified atom stereocenters. The Bertz CT molecular complexity index is 1110. The Morgan fingerprint density at radius 3 is 2.53 bits per heavy atom. The van der Waals surface area contributed by atoms with Crippen LogP contribution in [0.15, 0.2) is 54.6 Å². The van der Waals surface area contributed by atoms with Crippen molar-refractivity contribution >= 4 is 47.1 Å². The zero-order chi connectivity index (χ0) is 23.3. The number of carbonyl (C=O) groups excluding carboxylic acids is 3. The summed E-state index contributed by atoms with van der Waals surface area (Å²) in [7, 11) is 0. The standard InChI is InChI=1S/C23H20Cl2N2O5/c1-3-9-27-22(29)17(21(28)26-23(27)30)10-14-5-8-19(20(11-14)31-4-2)32-13-15-6-7-16(24)12-18(15)25/h3,5-8,10-12H,1,4,9,13H2,2H3,(H,26,28,30)/b17-10+. The number of ether oxygens (including phenoxy) is 2. The van der Waals surface area contributed by atoms with E-state index in [0.717, 1.165) is 10.5 Å². The Labute approximate surface area is 195 Å². The summed E-state index contributed by atoms with van der Waals surface area (Å²) in [4.78, 5) is 37.6. The number of hydrogen-bond acceptors (Lipinski definition) is 5. The van der Waals surface area contributed by atoms with Gasteiger partial charge in [0.05, 0.1) is 6.61 Å². The van der Waals surface area contributed by atoms with E-state index in [9.17, 15) is 14.4 Å². The van der Waals surface area contributed by atoms with Gasteiger partial charge in [-0.1, -0.05) is 41.4 Å². The zero-order valence-corrected chi connectivity index (χ0v) is 18.7. The van der Waals surface area contributed by atoms with Crippen LogP contribution in [-0.2, 0) is 16.2 Å². The summed E-state index contributed by atoms with van der Waals surface area (Å²) < 4.78 is 11.5. The van der Waals surface area contributed by atoms with E-state index in [-0.39, 0.29) is 18.7 Å². The molecule has 0 aliphatic carbocycles. The molecule has 7 nitrogen and oxygen atoms in total. The van der Waals surface area contributed by atoms with Crippen LogP contribution in [-0.4, -0.2) is 35.9 Å². The van der Waals surface area contributed by atoms with E-state index >= 15 is 0 Å². The van der Waals surface area contributed by atoms with Crippen molar-refractivity contribution in [2.75, 3.05) is 13.2 Å². The molecule has 0 aromatic heterocycles. The lowest BCUT2D eigenvalue weighted by Gasteiger charge is -2.25. The van der Waals surface area contributed by atoms with Crippen LogP contribution in [0.2, 0.25) is 10.0 Å². The van der Waals surface area contributed by atoms with Crippen LogP contribution in [0.4, 0.5) is 4.79 Å². The number of nitrogens with zero attached hydrogens (tertiary/aromatic N) is 1. The molecule has 1 saturated heterocycles. The first-order valence-electron chi connectivity index (χ1n) is 9.67. The van der Waals surface area contributed by atoms with Gasteiger partial charge in [-0.05, 0) is 42.8 Å². The molecule has 2 aromatic carbocycles. The average Bonchev–Trinajstić information content (AvgIpc) is 2.75. The van der Waals surface area contributed by atoms with Crippen molar-refractivity contribution in [2.24, 2.45) is 0 Å². The minimum Gasteiger partial charge on any atom is -0.490 e. The third kappa shape index (κ3) is 5.30. The summed E-state index contributed by atoms with van der Waals surface area (Å²) in [5.41, 5.74) is 1.11.